The van der Waals surface area contributed by atoms with Gasteiger partial charge in [0.15, 0.2) is 0 Å². The molecule has 2 amide bonds. The van der Waals surface area contributed by atoms with E-state index in [1.165, 1.54) is 6.92 Å². The van der Waals surface area contributed by atoms with E-state index in [1.54, 1.807) is 31.4 Å². The second-order valence-corrected chi connectivity index (χ2v) is 6.46. The lowest BCUT2D eigenvalue weighted by atomic mass is 9.97. The lowest BCUT2D eigenvalue weighted by Gasteiger charge is -2.14. The van der Waals surface area contributed by atoms with Gasteiger partial charge in [-0.2, -0.15) is 0 Å². The number of carbonyl (C=O) groups excluding carboxylic acids is 2. The first kappa shape index (κ1) is 19.2. The van der Waals surface area contributed by atoms with E-state index in [9.17, 15) is 9.59 Å². The standard InChI is InChI=1S/C23H22N2O3/c1-15-8-13-19(20(14-15)17-9-11-18(28-3)12-10-17)23(27)25-22-7-5-4-6-21(22)24-16(2)26/h4-14H,1-3H3,(H,24,26)(H,25,27). The van der Waals surface area contributed by atoms with Gasteiger partial charge in [-0.3, -0.25) is 9.59 Å². The van der Waals surface area contributed by atoms with E-state index in [0.717, 1.165) is 22.4 Å². The molecule has 0 spiro atoms. The van der Waals surface area contributed by atoms with Gasteiger partial charge in [0.25, 0.3) is 5.91 Å². The minimum absolute atomic E-state index is 0.198. The van der Waals surface area contributed by atoms with Gasteiger partial charge >= 0.3 is 0 Å². The van der Waals surface area contributed by atoms with Crippen LogP contribution >= 0.6 is 0 Å². The number of carbonyl (C=O) groups is 2. The molecule has 0 atom stereocenters. The van der Waals surface area contributed by atoms with Crippen molar-refractivity contribution in [1.29, 1.82) is 0 Å². The van der Waals surface area contributed by atoms with Crippen molar-refractivity contribution in [1.82, 2.24) is 0 Å². The summed E-state index contributed by atoms with van der Waals surface area (Å²) in [6.07, 6.45) is 0. The Labute approximate surface area is 164 Å². The number of rotatable bonds is 5. The molecule has 2 N–H and O–H groups in total. The Hall–Kier alpha value is -3.60. The van der Waals surface area contributed by atoms with Crippen LogP contribution in [0.15, 0.2) is 66.7 Å². The van der Waals surface area contributed by atoms with E-state index in [-0.39, 0.29) is 11.8 Å². The van der Waals surface area contributed by atoms with E-state index >= 15 is 0 Å². The Kier molecular flexibility index (Phi) is 5.75. The van der Waals surface area contributed by atoms with Crippen molar-refractivity contribution in [2.45, 2.75) is 13.8 Å². The SMILES string of the molecule is COc1ccc(-c2cc(C)ccc2C(=O)Nc2ccccc2NC(C)=O)cc1. The van der Waals surface area contributed by atoms with Crippen LogP contribution in [0.2, 0.25) is 0 Å². The van der Waals surface area contributed by atoms with Crippen LogP contribution < -0.4 is 15.4 Å². The molecule has 0 aromatic heterocycles. The van der Waals surface area contributed by atoms with Crippen LogP contribution in [0.1, 0.15) is 22.8 Å². The van der Waals surface area contributed by atoms with Gasteiger partial charge in [-0.05, 0) is 48.4 Å². The third-order valence-corrected chi connectivity index (χ3v) is 4.31. The maximum Gasteiger partial charge on any atom is 0.256 e. The predicted octanol–water partition coefficient (Wildman–Crippen LogP) is 4.88. The highest BCUT2D eigenvalue weighted by atomic mass is 16.5. The fourth-order valence-electron chi connectivity index (χ4n) is 2.95. The number of para-hydroxylation sites is 2. The number of nitrogens with one attached hydrogen (secondary N) is 2. The number of methoxy groups -OCH3 is 1. The van der Waals surface area contributed by atoms with Crippen LogP contribution in [0.3, 0.4) is 0 Å². The highest BCUT2D eigenvalue weighted by molar-refractivity contribution is 6.10. The molecule has 3 aromatic rings. The number of hydrogen-bond donors (Lipinski definition) is 2. The average molecular weight is 374 g/mol. The average Bonchev–Trinajstić information content (AvgIpc) is 2.69. The molecule has 0 unspecified atom stereocenters. The van der Waals surface area contributed by atoms with Crippen LogP contribution in [0.25, 0.3) is 11.1 Å². The number of hydrogen-bond acceptors (Lipinski definition) is 3. The number of amides is 2. The molecule has 28 heavy (non-hydrogen) atoms. The Morgan fingerprint density at radius 2 is 1.50 bits per heavy atom. The summed E-state index contributed by atoms with van der Waals surface area (Å²) in [7, 11) is 1.62. The Morgan fingerprint density at radius 1 is 0.857 bits per heavy atom. The van der Waals surface area contributed by atoms with Gasteiger partial charge in [0.2, 0.25) is 5.91 Å². The molecule has 0 aliphatic rings. The normalized spacial score (nSPS) is 10.2. The second kappa shape index (κ2) is 8.39. The van der Waals surface area contributed by atoms with Crippen molar-refractivity contribution in [3.63, 3.8) is 0 Å². The lowest BCUT2D eigenvalue weighted by molar-refractivity contribution is -0.114. The molecule has 3 aromatic carbocycles. The highest BCUT2D eigenvalue weighted by Gasteiger charge is 2.15. The van der Waals surface area contributed by atoms with Crippen molar-refractivity contribution in [3.05, 3.63) is 77.9 Å². The minimum Gasteiger partial charge on any atom is -0.497 e. The number of anilines is 2. The number of aryl methyl sites for hydroxylation is 1. The van der Waals surface area contributed by atoms with E-state index < -0.39 is 0 Å². The van der Waals surface area contributed by atoms with Crippen LogP contribution in [0.4, 0.5) is 11.4 Å². The van der Waals surface area contributed by atoms with Gasteiger partial charge in [-0.1, -0.05) is 42.0 Å². The largest absolute Gasteiger partial charge is 0.497 e. The first-order valence-corrected chi connectivity index (χ1v) is 8.91. The van der Waals surface area contributed by atoms with Crippen LogP contribution in [0.5, 0.6) is 5.75 Å². The Bertz CT molecular complexity index is 1010. The van der Waals surface area contributed by atoms with Crippen molar-refractivity contribution < 1.29 is 14.3 Å². The summed E-state index contributed by atoms with van der Waals surface area (Å²) in [5, 5.41) is 5.64. The summed E-state index contributed by atoms with van der Waals surface area (Å²) in [6.45, 7) is 3.42. The molecule has 0 heterocycles. The molecular weight excluding hydrogens is 352 g/mol. The van der Waals surface area contributed by atoms with Gasteiger partial charge in [-0.15, -0.1) is 0 Å². The van der Waals surface area contributed by atoms with Crippen LogP contribution in [-0.4, -0.2) is 18.9 Å². The van der Waals surface area contributed by atoms with Gasteiger partial charge in [-0.25, -0.2) is 0 Å². The number of benzene rings is 3. The molecule has 0 radical (unpaired) electrons. The molecule has 3 rings (SSSR count). The molecule has 0 saturated carbocycles. The molecule has 5 heteroatoms. The van der Waals surface area contributed by atoms with E-state index in [4.69, 9.17) is 4.74 Å². The third kappa shape index (κ3) is 4.38. The van der Waals surface area contributed by atoms with Crippen molar-refractivity contribution in [2.75, 3.05) is 17.7 Å². The van der Waals surface area contributed by atoms with Crippen LogP contribution in [-0.2, 0) is 4.79 Å². The van der Waals surface area contributed by atoms with Crippen molar-refractivity contribution in [3.8, 4) is 16.9 Å². The monoisotopic (exact) mass is 374 g/mol. The zero-order chi connectivity index (χ0) is 20.1. The van der Waals surface area contributed by atoms with E-state index in [1.807, 2.05) is 49.4 Å². The minimum atomic E-state index is -0.247. The summed E-state index contributed by atoms with van der Waals surface area (Å²) in [5.74, 6) is 0.311. The molecule has 0 bridgehead atoms. The van der Waals surface area contributed by atoms with Crippen molar-refractivity contribution in [2.24, 2.45) is 0 Å². The summed E-state index contributed by atoms with van der Waals surface area (Å²) in [6, 6.07) is 20.4. The Balaban J connectivity index is 1.95. The summed E-state index contributed by atoms with van der Waals surface area (Å²) in [4.78, 5) is 24.4. The molecular formula is C23H22N2O3. The highest BCUT2D eigenvalue weighted by Crippen LogP contribution is 2.29. The maximum absolute atomic E-state index is 13.0. The molecule has 0 saturated heterocycles. The summed E-state index contributed by atoms with van der Waals surface area (Å²) < 4.78 is 5.22. The summed E-state index contributed by atoms with van der Waals surface area (Å²) in [5.41, 5.74) is 4.46. The first-order chi connectivity index (χ1) is 13.5. The van der Waals surface area contributed by atoms with E-state index in [2.05, 4.69) is 10.6 Å². The van der Waals surface area contributed by atoms with Gasteiger partial charge in [0.05, 0.1) is 18.5 Å². The zero-order valence-electron chi connectivity index (χ0n) is 16.1. The predicted molar refractivity (Wildman–Crippen MR) is 112 cm³/mol. The van der Waals surface area contributed by atoms with Gasteiger partial charge in [0, 0.05) is 12.5 Å². The quantitative estimate of drug-likeness (QED) is 0.669. The molecule has 0 fully saturated rings. The van der Waals surface area contributed by atoms with E-state index in [0.29, 0.717) is 16.9 Å². The van der Waals surface area contributed by atoms with Crippen LogP contribution in [0, 0.1) is 6.92 Å². The fourth-order valence-corrected chi connectivity index (χ4v) is 2.95. The van der Waals surface area contributed by atoms with Gasteiger partial charge < -0.3 is 15.4 Å². The lowest BCUT2D eigenvalue weighted by Crippen LogP contribution is -2.16. The first-order valence-electron chi connectivity index (χ1n) is 8.91. The second-order valence-electron chi connectivity index (χ2n) is 6.46. The fraction of sp³-hybridized carbons (Fsp3) is 0.130. The smallest absolute Gasteiger partial charge is 0.256 e. The topological polar surface area (TPSA) is 67.4 Å². The molecule has 142 valence electrons. The summed E-state index contributed by atoms with van der Waals surface area (Å²) >= 11 is 0. The zero-order valence-corrected chi connectivity index (χ0v) is 16.1. The number of ether oxygens (including phenoxy) is 1. The van der Waals surface area contributed by atoms with Gasteiger partial charge in [0.1, 0.15) is 5.75 Å². The third-order valence-electron chi connectivity index (χ3n) is 4.31. The Morgan fingerprint density at radius 3 is 2.11 bits per heavy atom. The maximum atomic E-state index is 13.0. The molecule has 0 aliphatic carbocycles. The molecule has 5 nitrogen and oxygen atoms in total. The molecule has 0 aliphatic heterocycles. The van der Waals surface area contributed by atoms with Crippen molar-refractivity contribution >= 4 is 23.2 Å².